The standard InChI is InChI=1S/C11H12N2O5S/c14-10(8-3-4-19(17,18)6-8)13-9-2-1-7(5-12-9)11(15)16/h1-2,5,8H,3-4,6H2,(H,15,16)(H,12,13,14). The highest BCUT2D eigenvalue weighted by Crippen LogP contribution is 2.19. The Labute approximate surface area is 109 Å². The first-order chi connectivity index (χ1) is 8.87. The molecule has 1 unspecified atom stereocenters. The lowest BCUT2D eigenvalue weighted by Crippen LogP contribution is -2.24. The van der Waals surface area contributed by atoms with Gasteiger partial charge in [0.1, 0.15) is 5.82 Å². The number of nitrogens with one attached hydrogen (secondary N) is 1. The molecule has 1 fully saturated rings. The fourth-order valence-corrected chi connectivity index (χ4v) is 3.57. The first-order valence-corrected chi connectivity index (χ1v) is 7.40. The van der Waals surface area contributed by atoms with Gasteiger partial charge >= 0.3 is 5.97 Å². The summed E-state index contributed by atoms with van der Waals surface area (Å²) in [6, 6.07) is 2.68. The fraction of sp³-hybridized carbons (Fsp3) is 0.364. The van der Waals surface area contributed by atoms with Crippen molar-refractivity contribution in [2.75, 3.05) is 16.8 Å². The van der Waals surface area contributed by atoms with Crippen LogP contribution in [0.4, 0.5) is 5.82 Å². The molecule has 0 saturated carbocycles. The Morgan fingerprint density at radius 1 is 1.37 bits per heavy atom. The fourth-order valence-electron chi connectivity index (χ4n) is 1.82. The summed E-state index contributed by atoms with van der Waals surface area (Å²) in [7, 11) is -3.11. The van der Waals surface area contributed by atoms with Crippen LogP contribution in [0.5, 0.6) is 0 Å². The number of rotatable bonds is 3. The Balaban J connectivity index is 2.01. The maximum absolute atomic E-state index is 11.8. The van der Waals surface area contributed by atoms with Gasteiger partial charge in [0.15, 0.2) is 9.84 Å². The molecule has 1 amide bonds. The van der Waals surface area contributed by atoms with Gasteiger partial charge < -0.3 is 10.4 Å². The summed E-state index contributed by atoms with van der Waals surface area (Å²) in [6.07, 6.45) is 1.44. The van der Waals surface area contributed by atoms with Crippen molar-refractivity contribution in [1.82, 2.24) is 4.98 Å². The number of sulfone groups is 1. The largest absolute Gasteiger partial charge is 0.478 e. The number of aromatic carboxylic acids is 1. The number of carbonyl (C=O) groups excluding carboxylic acids is 1. The number of anilines is 1. The second-order valence-corrected chi connectivity index (χ2v) is 6.56. The lowest BCUT2D eigenvalue weighted by molar-refractivity contribution is -0.119. The van der Waals surface area contributed by atoms with Crippen LogP contribution in [-0.4, -0.2) is 41.9 Å². The van der Waals surface area contributed by atoms with Crippen LogP contribution < -0.4 is 5.32 Å². The summed E-state index contributed by atoms with van der Waals surface area (Å²) in [5.41, 5.74) is 0.0152. The van der Waals surface area contributed by atoms with E-state index in [1.54, 1.807) is 0 Å². The average Bonchev–Trinajstić information content (AvgIpc) is 2.70. The minimum atomic E-state index is -3.11. The Morgan fingerprint density at radius 3 is 2.58 bits per heavy atom. The topological polar surface area (TPSA) is 113 Å². The summed E-state index contributed by atoms with van der Waals surface area (Å²) in [4.78, 5) is 26.2. The van der Waals surface area contributed by atoms with Crippen LogP contribution in [0.3, 0.4) is 0 Å². The normalized spacial score (nSPS) is 20.9. The van der Waals surface area contributed by atoms with Gasteiger partial charge in [-0.2, -0.15) is 0 Å². The molecule has 1 aromatic rings. The van der Waals surface area contributed by atoms with E-state index < -0.39 is 27.6 Å². The predicted molar refractivity (Wildman–Crippen MR) is 66.6 cm³/mol. The van der Waals surface area contributed by atoms with Crippen molar-refractivity contribution in [1.29, 1.82) is 0 Å². The van der Waals surface area contributed by atoms with Crippen LogP contribution in [0.25, 0.3) is 0 Å². The average molecular weight is 284 g/mol. The second-order valence-electron chi connectivity index (χ2n) is 4.33. The van der Waals surface area contributed by atoms with Gasteiger partial charge in [-0.05, 0) is 18.6 Å². The van der Waals surface area contributed by atoms with Crippen molar-refractivity contribution in [3.63, 3.8) is 0 Å². The number of carbonyl (C=O) groups is 2. The van der Waals surface area contributed by atoms with Gasteiger partial charge in [0, 0.05) is 6.20 Å². The minimum absolute atomic E-state index is 0.0152. The van der Waals surface area contributed by atoms with E-state index in [1.807, 2.05) is 0 Å². The Hall–Kier alpha value is -1.96. The van der Waals surface area contributed by atoms with E-state index in [-0.39, 0.29) is 22.9 Å². The third-order valence-electron chi connectivity index (χ3n) is 2.86. The SMILES string of the molecule is O=C(O)c1ccc(NC(=O)C2CCS(=O)(=O)C2)nc1. The van der Waals surface area contributed by atoms with Crippen molar-refractivity contribution >= 4 is 27.5 Å². The molecule has 2 rings (SSSR count). The van der Waals surface area contributed by atoms with E-state index in [0.717, 1.165) is 6.20 Å². The molecule has 0 radical (unpaired) electrons. The molecule has 8 heteroatoms. The van der Waals surface area contributed by atoms with Gasteiger partial charge in [0.25, 0.3) is 0 Å². The predicted octanol–water partition coefficient (Wildman–Crippen LogP) is 0.153. The van der Waals surface area contributed by atoms with Gasteiger partial charge in [-0.15, -0.1) is 0 Å². The minimum Gasteiger partial charge on any atom is -0.478 e. The molecule has 2 heterocycles. The molecule has 102 valence electrons. The number of hydrogen-bond donors (Lipinski definition) is 2. The molecular weight excluding hydrogens is 272 g/mol. The first kappa shape index (κ1) is 13.5. The van der Waals surface area contributed by atoms with E-state index in [4.69, 9.17) is 5.11 Å². The molecule has 7 nitrogen and oxygen atoms in total. The van der Waals surface area contributed by atoms with Crippen LogP contribution in [-0.2, 0) is 14.6 Å². The molecular formula is C11H12N2O5S. The summed E-state index contributed by atoms with van der Waals surface area (Å²) < 4.78 is 22.5. The van der Waals surface area contributed by atoms with Gasteiger partial charge in [-0.3, -0.25) is 4.79 Å². The number of pyridine rings is 1. The molecule has 1 aromatic heterocycles. The van der Waals surface area contributed by atoms with Crippen molar-refractivity contribution in [3.8, 4) is 0 Å². The van der Waals surface area contributed by atoms with E-state index in [1.165, 1.54) is 12.1 Å². The molecule has 19 heavy (non-hydrogen) atoms. The van der Waals surface area contributed by atoms with Crippen molar-refractivity contribution < 1.29 is 23.1 Å². The first-order valence-electron chi connectivity index (χ1n) is 5.58. The van der Waals surface area contributed by atoms with E-state index in [0.29, 0.717) is 6.42 Å². The lowest BCUT2D eigenvalue weighted by Gasteiger charge is -2.08. The lowest BCUT2D eigenvalue weighted by atomic mass is 10.1. The zero-order valence-electron chi connectivity index (χ0n) is 9.87. The van der Waals surface area contributed by atoms with Gasteiger partial charge in [-0.1, -0.05) is 0 Å². The smallest absolute Gasteiger partial charge is 0.337 e. The number of hydrogen-bond acceptors (Lipinski definition) is 5. The maximum atomic E-state index is 11.8. The molecule has 0 spiro atoms. The third kappa shape index (κ3) is 3.28. The maximum Gasteiger partial charge on any atom is 0.337 e. The van der Waals surface area contributed by atoms with Crippen LogP contribution >= 0.6 is 0 Å². The number of nitrogens with zero attached hydrogens (tertiary/aromatic N) is 1. The quantitative estimate of drug-likeness (QED) is 0.817. The second kappa shape index (κ2) is 4.96. The summed E-state index contributed by atoms with van der Waals surface area (Å²) in [6.45, 7) is 0. The van der Waals surface area contributed by atoms with Crippen LogP contribution in [0.15, 0.2) is 18.3 Å². The zero-order valence-corrected chi connectivity index (χ0v) is 10.7. The molecule has 1 atom stereocenters. The number of amides is 1. The summed E-state index contributed by atoms with van der Waals surface area (Å²) in [5, 5.41) is 11.2. The highest BCUT2D eigenvalue weighted by Gasteiger charge is 2.33. The summed E-state index contributed by atoms with van der Waals surface area (Å²) >= 11 is 0. The van der Waals surface area contributed by atoms with E-state index in [9.17, 15) is 18.0 Å². The van der Waals surface area contributed by atoms with Crippen molar-refractivity contribution in [2.45, 2.75) is 6.42 Å². The number of carboxylic acid groups (broad SMARTS) is 1. The molecule has 0 aromatic carbocycles. The van der Waals surface area contributed by atoms with Crippen LogP contribution in [0.1, 0.15) is 16.8 Å². The monoisotopic (exact) mass is 284 g/mol. The van der Waals surface area contributed by atoms with Gasteiger partial charge in [0.05, 0.1) is 23.0 Å². The van der Waals surface area contributed by atoms with Gasteiger partial charge in [0.2, 0.25) is 5.91 Å². The molecule has 2 N–H and O–H groups in total. The molecule has 1 saturated heterocycles. The number of aromatic nitrogens is 1. The van der Waals surface area contributed by atoms with E-state index >= 15 is 0 Å². The van der Waals surface area contributed by atoms with Crippen LogP contribution in [0.2, 0.25) is 0 Å². The van der Waals surface area contributed by atoms with Crippen LogP contribution in [0, 0.1) is 5.92 Å². The third-order valence-corrected chi connectivity index (χ3v) is 4.63. The Morgan fingerprint density at radius 2 is 2.11 bits per heavy atom. The Bertz CT molecular complexity index is 608. The zero-order chi connectivity index (χ0) is 14.0. The highest BCUT2D eigenvalue weighted by atomic mass is 32.2. The highest BCUT2D eigenvalue weighted by molar-refractivity contribution is 7.91. The molecule has 0 bridgehead atoms. The van der Waals surface area contributed by atoms with E-state index in [2.05, 4.69) is 10.3 Å². The van der Waals surface area contributed by atoms with Gasteiger partial charge in [-0.25, -0.2) is 18.2 Å². The van der Waals surface area contributed by atoms with Crippen molar-refractivity contribution in [2.24, 2.45) is 5.92 Å². The molecule has 1 aliphatic rings. The molecule has 0 aliphatic carbocycles. The van der Waals surface area contributed by atoms with Crippen molar-refractivity contribution in [3.05, 3.63) is 23.9 Å². The molecule has 1 aliphatic heterocycles. The number of carboxylic acids is 1. The summed E-state index contributed by atoms with van der Waals surface area (Å²) in [5.74, 6) is -1.99. The Kier molecular flexibility index (Phi) is 3.52.